The van der Waals surface area contributed by atoms with Crippen LogP contribution in [-0.4, -0.2) is 29.2 Å². The number of hydrogen-bond acceptors (Lipinski definition) is 5. The van der Waals surface area contributed by atoms with Gasteiger partial charge in [0.05, 0.1) is 19.0 Å². The number of aryl methyl sites for hydroxylation is 1. The average Bonchev–Trinajstić information content (AvgIpc) is 3.18. The summed E-state index contributed by atoms with van der Waals surface area (Å²) in [5.41, 5.74) is 2.29. The molecule has 1 aromatic carbocycles. The van der Waals surface area contributed by atoms with Gasteiger partial charge in [-0.15, -0.1) is 0 Å². The van der Waals surface area contributed by atoms with Crippen molar-refractivity contribution >= 4 is 0 Å². The number of aliphatic hydroxyl groups is 1. The highest BCUT2D eigenvalue weighted by Gasteiger charge is 2.52. The highest BCUT2D eigenvalue weighted by molar-refractivity contribution is 5.24. The van der Waals surface area contributed by atoms with Crippen molar-refractivity contribution in [2.45, 2.75) is 64.5 Å². The maximum absolute atomic E-state index is 10.6. The third kappa shape index (κ3) is 4.12. The van der Waals surface area contributed by atoms with E-state index >= 15 is 0 Å². The van der Waals surface area contributed by atoms with Crippen molar-refractivity contribution in [2.75, 3.05) is 0 Å². The maximum atomic E-state index is 10.6. The molecule has 1 aromatic heterocycles. The SMILES string of the molecule is CC[C@H]1OC(C)(O)[C@H](OCc2ccco2)[C@H]1OCc1ccccc1C. The Morgan fingerprint density at radius 3 is 2.60 bits per heavy atom. The van der Waals surface area contributed by atoms with Crippen molar-refractivity contribution < 1.29 is 23.7 Å². The van der Waals surface area contributed by atoms with Crippen LogP contribution < -0.4 is 0 Å². The van der Waals surface area contributed by atoms with Crippen molar-refractivity contribution in [1.82, 2.24) is 0 Å². The summed E-state index contributed by atoms with van der Waals surface area (Å²) in [6.07, 6.45) is 1.17. The van der Waals surface area contributed by atoms with Crippen LogP contribution in [0.4, 0.5) is 0 Å². The number of benzene rings is 1. The molecule has 4 atom stereocenters. The fourth-order valence-corrected chi connectivity index (χ4v) is 3.22. The van der Waals surface area contributed by atoms with Crippen molar-refractivity contribution in [3.05, 3.63) is 59.5 Å². The van der Waals surface area contributed by atoms with Crippen molar-refractivity contribution in [3.63, 3.8) is 0 Å². The molecule has 1 N–H and O–H groups in total. The van der Waals surface area contributed by atoms with Crippen LogP contribution in [0.15, 0.2) is 47.1 Å². The minimum absolute atomic E-state index is 0.222. The van der Waals surface area contributed by atoms with Gasteiger partial charge >= 0.3 is 0 Å². The Kier molecular flexibility index (Phi) is 5.59. The average molecular weight is 346 g/mol. The van der Waals surface area contributed by atoms with E-state index in [9.17, 15) is 5.11 Å². The molecule has 1 aliphatic heterocycles. The van der Waals surface area contributed by atoms with E-state index in [4.69, 9.17) is 18.6 Å². The number of furan rings is 1. The molecule has 0 spiro atoms. The predicted octanol–water partition coefficient (Wildman–Crippen LogP) is 3.58. The molecule has 2 aromatic rings. The van der Waals surface area contributed by atoms with Gasteiger partial charge < -0.3 is 23.7 Å². The van der Waals surface area contributed by atoms with E-state index in [1.54, 1.807) is 13.2 Å². The van der Waals surface area contributed by atoms with Gasteiger partial charge in [-0.3, -0.25) is 0 Å². The normalized spacial score (nSPS) is 29.2. The topological polar surface area (TPSA) is 61.1 Å². The van der Waals surface area contributed by atoms with Gasteiger partial charge in [-0.05, 0) is 43.5 Å². The molecule has 1 unspecified atom stereocenters. The summed E-state index contributed by atoms with van der Waals surface area (Å²) in [6, 6.07) is 11.8. The molecule has 136 valence electrons. The first-order chi connectivity index (χ1) is 12.0. The predicted molar refractivity (Wildman–Crippen MR) is 92.8 cm³/mol. The van der Waals surface area contributed by atoms with Crippen LogP contribution in [0, 0.1) is 6.92 Å². The summed E-state index contributed by atoms with van der Waals surface area (Å²) < 4.78 is 23.2. The zero-order valence-electron chi connectivity index (χ0n) is 15.0. The lowest BCUT2D eigenvalue weighted by molar-refractivity contribution is -0.229. The minimum atomic E-state index is -1.40. The third-order valence-electron chi connectivity index (χ3n) is 4.66. The monoisotopic (exact) mass is 346 g/mol. The molecule has 1 fully saturated rings. The molecule has 1 aliphatic rings. The van der Waals surface area contributed by atoms with E-state index in [-0.39, 0.29) is 18.8 Å². The lowest BCUT2D eigenvalue weighted by atomic mass is 10.0. The van der Waals surface area contributed by atoms with Gasteiger partial charge in [0.25, 0.3) is 0 Å². The molecule has 0 radical (unpaired) electrons. The van der Waals surface area contributed by atoms with Crippen molar-refractivity contribution in [2.24, 2.45) is 0 Å². The van der Waals surface area contributed by atoms with E-state index in [1.165, 1.54) is 5.56 Å². The van der Waals surface area contributed by atoms with Crippen LogP contribution >= 0.6 is 0 Å². The van der Waals surface area contributed by atoms with E-state index in [0.717, 1.165) is 12.0 Å². The molecule has 0 bridgehead atoms. The lowest BCUT2D eigenvalue weighted by Gasteiger charge is -2.27. The summed E-state index contributed by atoms with van der Waals surface area (Å²) in [5, 5.41) is 10.6. The summed E-state index contributed by atoms with van der Waals surface area (Å²) in [4.78, 5) is 0. The van der Waals surface area contributed by atoms with Gasteiger partial charge in [-0.25, -0.2) is 0 Å². The van der Waals surface area contributed by atoms with Crippen LogP contribution in [-0.2, 0) is 27.4 Å². The summed E-state index contributed by atoms with van der Waals surface area (Å²) in [6.45, 7) is 6.41. The quantitative estimate of drug-likeness (QED) is 0.830. The summed E-state index contributed by atoms with van der Waals surface area (Å²) in [5.74, 6) is -0.697. The Balaban J connectivity index is 1.71. The molecule has 0 amide bonds. The Hall–Kier alpha value is -1.66. The van der Waals surface area contributed by atoms with E-state index < -0.39 is 11.9 Å². The Morgan fingerprint density at radius 1 is 1.12 bits per heavy atom. The first kappa shape index (κ1) is 18.1. The first-order valence-electron chi connectivity index (χ1n) is 8.71. The van der Waals surface area contributed by atoms with Crippen molar-refractivity contribution in [1.29, 1.82) is 0 Å². The molecule has 5 heteroatoms. The van der Waals surface area contributed by atoms with Gasteiger partial charge in [-0.1, -0.05) is 31.2 Å². The Morgan fingerprint density at radius 2 is 1.92 bits per heavy atom. The first-order valence-corrected chi connectivity index (χ1v) is 8.71. The zero-order valence-corrected chi connectivity index (χ0v) is 15.0. The van der Waals surface area contributed by atoms with Crippen LogP contribution in [0.2, 0.25) is 0 Å². The molecule has 3 rings (SSSR count). The second kappa shape index (κ2) is 7.70. The number of rotatable bonds is 7. The summed E-state index contributed by atoms with van der Waals surface area (Å²) >= 11 is 0. The minimum Gasteiger partial charge on any atom is -0.467 e. The molecule has 5 nitrogen and oxygen atoms in total. The summed E-state index contributed by atoms with van der Waals surface area (Å²) in [7, 11) is 0. The second-order valence-electron chi connectivity index (χ2n) is 6.63. The zero-order chi connectivity index (χ0) is 17.9. The largest absolute Gasteiger partial charge is 0.467 e. The van der Waals surface area contributed by atoms with Gasteiger partial charge in [0.1, 0.15) is 24.6 Å². The van der Waals surface area contributed by atoms with Gasteiger partial charge in [0, 0.05) is 0 Å². The standard InChI is InChI=1S/C20H26O5/c1-4-17-18(23-12-15-9-6-5-8-14(15)2)19(20(3,21)25-17)24-13-16-10-7-11-22-16/h5-11,17-19,21H,4,12-13H2,1-3H3/t17-,18+,19-,20?/m1/s1. The van der Waals surface area contributed by atoms with Gasteiger partial charge in [-0.2, -0.15) is 0 Å². The van der Waals surface area contributed by atoms with Crippen LogP contribution in [0.5, 0.6) is 0 Å². The van der Waals surface area contributed by atoms with E-state index in [0.29, 0.717) is 12.4 Å². The van der Waals surface area contributed by atoms with Gasteiger partial charge in [0.15, 0.2) is 5.79 Å². The molecule has 2 heterocycles. The molecule has 0 saturated carbocycles. The Bertz CT molecular complexity index is 664. The highest BCUT2D eigenvalue weighted by Crippen LogP contribution is 2.35. The van der Waals surface area contributed by atoms with Crippen molar-refractivity contribution in [3.8, 4) is 0 Å². The van der Waals surface area contributed by atoms with E-state index in [1.807, 2.05) is 37.3 Å². The number of hydrogen-bond donors (Lipinski definition) is 1. The van der Waals surface area contributed by atoms with Gasteiger partial charge in [0.2, 0.25) is 0 Å². The smallest absolute Gasteiger partial charge is 0.192 e. The second-order valence-corrected chi connectivity index (χ2v) is 6.63. The van der Waals surface area contributed by atoms with Crippen LogP contribution in [0.1, 0.15) is 37.2 Å². The van der Waals surface area contributed by atoms with E-state index in [2.05, 4.69) is 13.0 Å². The highest BCUT2D eigenvalue weighted by atomic mass is 16.7. The maximum Gasteiger partial charge on any atom is 0.192 e. The lowest BCUT2D eigenvalue weighted by Crippen LogP contribution is -2.43. The molecular weight excluding hydrogens is 320 g/mol. The Labute approximate surface area is 148 Å². The van der Waals surface area contributed by atoms with Crippen LogP contribution in [0.25, 0.3) is 0 Å². The molecule has 1 saturated heterocycles. The third-order valence-corrected chi connectivity index (χ3v) is 4.66. The number of ether oxygens (including phenoxy) is 3. The molecule has 25 heavy (non-hydrogen) atoms. The fraction of sp³-hybridized carbons (Fsp3) is 0.500. The molecule has 0 aliphatic carbocycles. The van der Waals surface area contributed by atoms with Crippen LogP contribution in [0.3, 0.4) is 0 Å². The molecular formula is C20H26O5. The fourth-order valence-electron chi connectivity index (χ4n) is 3.22.